The summed E-state index contributed by atoms with van der Waals surface area (Å²) in [5.74, 6) is 0.197. The van der Waals surface area contributed by atoms with Crippen molar-refractivity contribution in [2.45, 2.75) is 57.4 Å². The van der Waals surface area contributed by atoms with E-state index in [0.717, 1.165) is 44.8 Å². The molecule has 1 N–H and O–H groups in total. The molecule has 0 bridgehead atoms. The van der Waals surface area contributed by atoms with E-state index in [0.29, 0.717) is 18.9 Å². The van der Waals surface area contributed by atoms with Crippen molar-refractivity contribution in [2.24, 2.45) is 0 Å². The molecule has 1 amide bonds. The van der Waals surface area contributed by atoms with Crippen LogP contribution in [-0.2, 0) is 9.59 Å². The Balaban J connectivity index is 1.89. The van der Waals surface area contributed by atoms with E-state index in [-0.39, 0.29) is 5.91 Å². The minimum atomic E-state index is 0.197. The van der Waals surface area contributed by atoms with E-state index < -0.39 is 0 Å². The van der Waals surface area contributed by atoms with Gasteiger partial charge in [0.1, 0.15) is 6.29 Å². The van der Waals surface area contributed by atoms with Crippen LogP contribution in [0.2, 0.25) is 0 Å². The van der Waals surface area contributed by atoms with Crippen molar-refractivity contribution >= 4 is 12.2 Å². The van der Waals surface area contributed by atoms with E-state index in [9.17, 15) is 9.59 Å². The van der Waals surface area contributed by atoms with Gasteiger partial charge in [-0.3, -0.25) is 4.79 Å². The van der Waals surface area contributed by atoms with Gasteiger partial charge in [-0.2, -0.15) is 0 Å². The summed E-state index contributed by atoms with van der Waals surface area (Å²) in [4.78, 5) is 21.5. The van der Waals surface area contributed by atoms with Gasteiger partial charge < -0.3 is 10.1 Å². The molecule has 0 saturated heterocycles. The first-order valence-corrected chi connectivity index (χ1v) is 7.51. The molecule has 0 atom stereocenters. The molecule has 3 heteroatoms. The topological polar surface area (TPSA) is 46.2 Å². The van der Waals surface area contributed by atoms with E-state index >= 15 is 0 Å². The summed E-state index contributed by atoms with van der Waals surface area (Å²) in [6, 6.07) is 0.476. The van der Waals surface area contributed by atoms with Crippen LogP contribution < -0.4 is 5.32 Å². The van der Waals surface area contributed by atoms with Crippen LogP contribution >= 0.6 is 0 Å². The van der Waals surface area contributed by atoms with Crippen LogP contribution in [0.1, 0.15) is 51.4 Å². The van der Waals surface area contributed by atoms with Crippen LogP contribution in [0.4, 0.5) is 0 Å². The molecule has 1 saturated carbocycles. The van der Waals surface area contributed by atoms with Crippen molar-refractivity contribution in [3.05, 3.63) is 36.5 Å². The molecule has 0 aromatic carbocycles. The highest BCUT2D eigenvalue weighted by Crippen LogP contribution is 2.18. The van der Waals surface area contributed by atoms with E-state index in [4.69, 9.17) is 0 Å². The lowest BCUT2D eigenvalue weighted by atomic mass is 10.2. The van der Waals surface area contributed by atoms with Crippen molar-refractivity contribution in [2.75, 3.05) is 0 Å². The summed E-state index contributed by atoms with van der Waals surface area (Å²) in [6.07, 6.45) is 20.4. The maximum atomic E-state index is 11.4. The molecule has 0 radical (unpaired) electrons. The van der Waals surface area contributed by atoms with Crippen molar-refractivity contribution in [3.63, 3.8) is 0 Å². The summed E-state index contributed by atoms with van der Waals surface area (Å²) in [6.45, 7) is 0. The highest BCUT2D eigenvalue weighted by atomic mass is 16.1. The fourth-order valence-corrected chi connectivity index (χ4v) is 1.72. The number of carbonyl (C=O) groups excluding carboxylic acids is 2. The third kappa shape index (κ3) is 10.3. The predicted molar refractivity (Wildman–Crippen MR) is 82.4 cm³/mol. The molecule has 0 aromatic rings. The number of nitrogens with one attached hydrogen (secondary N) is 1. The van der Waals surface area contributed by atoms with Crippen LogP contribution in [0.25, 0.3) is 0 Å². The molecule has 1 aliphatic carbocycles. The Morgan fingerprint density at radius 2 is 1.55 bits per heavy atom. The second-order valence-corrected chi connectivity index (χ2v) is 5.02. The van der Waals surface area contributed by atoms with Gasteiger partial charge in [-0.15, -0.1) is 0 Å². The molecular formula is C17H25NO2. The van der Waals surface area contributed by atoms with Crippen molar-refractivity contribution in [1.29, 1.82) is 0 Å². The molecule has 110 valence electrons. The third-order valence-electron chi connectivity index (χ3n) is 2.99. The smallest absolute Gasteiger partial charge is 0.220 e. The summed E-state index contributed by atoms with van der Waals surface area (Å²) in [5.41, 5.74) is 0. The van der Waals surface area contributed by atoms with Crippen LogP contribution in [0.5, 0.6) is 0 Å². The van der Waals surface area contributed by atoms with E-state index in [1.165, 1.54) is 0 Å². The summed E-state index contributed by atoms with van der Waals surface area (Å²) >= 11 is 0. The molecule has 3 nitrogen and oxygen atoms in total. The highest BCUT2D eigenvalue weighted by molar-refractivity contribution is 5.76. The number of allylic oxidation sites excluding steroid dienone is 6. The number of hydrogen-bond acceptors (Lipinski definition) is 2. The lowest BCUT2D eigenvalue weighted by Gasteiger charge is -2.00. The molecule has 0 aromatic heterocycles. The fraction of sp³-hybridized carbons (Fsp3) is 0.529. The Labute approximate surface area is 121 Å². The minimum absolute atomic E-state index is 0.197. The normalized spacial score (nSPS) is 15.4. The maximum absolute atomic E-state index is 11.4. The lowest BCUT2D eigenvalue weighted by molar-refractivity contribution is -0.121. The fourth-order valence-electron chi connectivity index (χ4n) is 1.72. The molecule has 1 fully saturated rings. The maximum Gasteiger partial charge on any atom is 0.220 e. The van der Waals surface area contributed by atoms with E-state index in [2.05, 4.69) is 29.6 Å². The van der Waals surface area contributed by atoms with Gasteiger partial charge in [0.2, 0.25) is 5.91 Å². The van der Waals surface area contributed by atoms with Crippen molar-refractivity contribution in [3.8, 4) is 0 Å². The molecule has 0 unspecified atom stereocenters. The van der Waals surface area contributed by atoms with Crippen LogP contribution in [0.15, 0.2) is 36.5 Å². The van der Waals surface area contributed by atoms with E-state index in [1.54, 1.807) is 0 Å². The number of amides is 1. The second-order valence-electron chi connectivity index (χ2n) is 5.02. The van der Waals surface area contributed by atoms with Gasteiger partial charge in [-0.1, -0.05) is 36.5 Å². The number of hydrogen-bond donors (Lipinski definition) is 1. The monoisotopic (exact) mass is 275 g/mol. The van der Waals surface area contributed by atoms with Crippen molar-refractivity contribution in [1.82, 2.24) is 5.32 Å². The van der Waals surface area contributed by atoms with Crippen LogP contribution in [0, 0.1) is 0 Å². The Hall–Kier alpha value is -1.64. The van der Waals surface area contributed by atoms with E-state index in [1.807, 2.05) is 12.2 Å². The SMILES string of the molecule is O=CCC=CCC=CCC=CCCCC(=O)NC1CC1. The molecule has 20 heavy (non-hydrogen) atoms. The largest absolute Gasteiger partial charge is 0.353 e. The zero-order valence-corrected chi connectivity index (χ0v) is 12.1. The Kier molecular flexibility index (Phi) is 9.20. The lowest BCUT2D eigenvalue weighted by Crippen LogP contribution is -2.24. The highest BCUT2D eigenvalue weighted by Gasteiger charge is 2.22. The summed E-state index contributed by atoms with van der Waals surface area (Å²) in [5, 5.41) is 2.99. The number of unbranched alkanes of at least 4 members (excludes halogenated alkanes) is 1. The first kappa shape index (κ1) is 16.4. The van der Waals surface area contributed by atoms with Crippen LogP contribution in [-0.4, -0.2) is 18.2 Å². The quantitative estimate of drug-likeness (QED) is 0.356. The summed E-state index contributed by atoms with van der Waals surface area (Å²) in [7, 11) is 0. The first-order valence-electron chi connectivity index (χ1n) is 7.51. The molecule has 1 aliphatic rings. The van der Waals surface area contributed by atoms with Gasteiger partial charge in [0, 0.05) is 18.9 Å². The molecule has 0 aliphatic heterocycles. The van der Waals surface area contributed by atoms with Crippen molar-refractivity contribution < 1.29 is 9.59 Å². The van der Waals surface area contributed by atoms with Gasteiger partial charge in [0.25, 0.3) is 0 Å². The summed E-state index contributed by atoms with van der Waals surface area (Å²) < 4.78 is 0. The Morgan fingerprint density at radius 1 is 0.950 bits per heavy atom. The Morgan fingerprint density at radius 3 is 2.15 bits per heavy atom. The van der Waals surface area contributed by atoms with Gasteiger partial charge in [-0.05, 0) is 38.5 Å². The van der Waals surface area contributed by atoms with Gasteiger partial charge in [0.15, 0.2) is 0 Å². The molecular weight excluding hydrogens is 250 g/mol. The zero-order valence-electron chi connectivity index (χ0n) is 12.1. The predicted octanol–water partition coefficient (Wildman–Crippen LogP) is 3.47. The van der Waals surface area contributed by atoms with Gasteiger partial charge in [0.05, 0.1) is 0 Å². The average Bonchev–Trinajstić information content (AvgIpc) is 3.24. The number of aldehydes is 1. The molecule has 0 spiro atoms. The standard InChI is InChI=1S/C17H25NO2/c19-15-11-9-7-5-3-1-2-4-6-8-10-12-17(20)18-16-13-14-16/h1,3-4,6-7,9,15-16H,2,5,8,10-14H2,(H,18,20). The van der Waals surface area contributed by atoms with Crippen LogP contribution in [0.3, 0.4) is 0 Å². The molecule has 0 heterocycles. The third-order valence-corrected chi connectivity index (χ3v) is 2.99. The number of rotatable bonds is 11. The first-order chi connectivity index (χ1) is 9.83. The second kappa shape index (κ2) is 11.2. The van der Waals surface area contributed by atoms with Gasteiger partial charge >= 0.3 is 0 Å². The van der Waals surface area contributed by atoms with Gasteiger partial charge in [-0.25, -0.2) is 0 Å². The number of carbonyl (C=O) groups is 2. The zero-order chi connectivity index (χ0) is 14.5. The Bertz CT molecular complexity index is 365. The molecule has 1 rings (SSSR count). The minimum Gasteiger partial charge on any atom is -0.353 e. The average molecular weight is 275 g/mol.